The zero-order valence-corrected chi connectivity index (χ0v) is 17.8. The highest BCUT2D eigenvalue weighted by Gasteiger charge is 2.34. The van der Waals surface area contributed by atoms with E-state index in [-0.39, 0.29) is 17.0 Å². The third-order valence-electron chi connectivity index (χ3n) is 5.42. The topological polar surface area (TPSA) is 126 Å². The van der Waals surface area contributed by atoms with Gasteiger partial charge in [-0.3, -0.25) is 9.78 Å². The van der Waals surface area contributed by atoms with Gasteiger partial charge in [-0.1, -0.05) is 6.07 Å². The molecule has 0 saturated carbocycles. The number of anilines is 1. The van der Waals surface area contributed by atoms with Crippen LogP contribution in [0.15, 0.2) is 43.0 Å². The number of amides is 1. The molecule has 0 radical (unpaired) electrons. The Labute approximate surface area is 183 Å². The summed E-state index contributed by atoms with van der Waals surface area (Å²) in [7, 11) is 1.45. The summed E-state index contributed by atoms with van der Waals surface area (Å²) in [5.74, 6) is 2.24. The number of nitrogens with one attached hydrogen (secondary N) is 1. The van der Waals surface area contributed by atoms with Crippen molar-refractivity contribution < 1.29 is 9.53 Å². The van der Waals surface area contributed by atoms with Crippen molar-refractivity contribution in [3.63, 3.8) is 0 Å². The predicted octanol–water partition coefficient (Wildman–Crippen LogP) is 2.26. The monoisotopic (exact) mass is 431 g/mol. The Morgan fingerprint density at radius 2 is 2.09 bits per heavy atom. The van der Waals surface area contributed by atoms with Gasteiger partial charge in [-0.15, -0.1) is 15.3 Å². The number of fused-ring (bicyclic) bond motifs is 1. The summed E-state index contributed by atoms with van der Waals surface area (Å²) in [6.07, 6.45) is 8.06. The summed E-state index contributed by atoms with van der Waals surface area (Å²) >= 11 is 0. The summed E-state index contributed by atoms with van der Waals surface area (Å²) in [5, 5.41) is 15.7. The number of carbonyl (C=O) groups excluding carboxylic acids is 1. The minimum absolute atomic E-state index is 0.0859. The van der Waals surface area contributed by atoms with E-state index < -0.39 is 5.91 Å². The van der Waals surface area contributed by atoms with Crippen LogP contribution < -0.4 is 10.1 Å². The first kappa shape index (κ1) is 19.8. The number of ether oxygens (including phenoxy) is 1. The predicted molar refractivity (Wildman–Crippen MR) is 115 cm³/mol. The van der Waals surface area contributed by atoms with Gasteiger partial charge in [-0.2, -0.15) is 0 Å². The van der Waals surface area contributed by atoms with Crippen molar-refractivity contribution in [3.8, 4) is 23.2 Å². The van der Waals surface area contributed by atoms with Crippen LogP contribution in [0, 0.1) is 0 Å². The number of methoxy groups -OCH3 is 1. The number of aromatic nitrogens is 8. The number of hydrogen-bond acceptors (Lipinski definition) is 8. The fraction of sp³-hybridized carbons (Fsp3) is 0.286. The molecule has 4 aromatic rings. The zero-order valence-electron chi connectivity index (χ0n) is 17.8. The van der Waals surface area contributed by atoms with E-state index in [4.69, 9.17) is 4.74 Å². The van der Waals surface area contributed by atoms with Crippen LogP contribution in [0.1, 0.15) is 36.5 Å². The second-order valence-corrected chi connectivity index (χ2v) is 8.01. The van der Waals surface area contributed by atoms with Crippen molar-refractivity contribution in [2.75, 3.05) is 12.4 Å². The van der Waals surface area contributed by atoms with Gasteiger partial charge >= 0.3 is 0 Å². The molecule has 5 heterocycles. The maximum absolute atomic E-state index is 13.0. The Morgan fingerprint density at radius 1 is 1.22 bits per heavy atom. The van der Waals surface area contributed by atoms with E-state index in [1.807, 2.05) is 12.1 Å². The Morgan fingerprint density at radius 3 is 2.88 bits per heavy atom. The van der Waals surface area contributed by atoms with Crippen LogP contribution in [0.25, 0.3) is 17.3 Å². The summed E-state index contributed by atoms with van der Waals surface area (Å²) in [6, 6.07) is 5.39. The lowest BCUT2D eigenvalue weighted by atomic mass is 10.0. The quantitative estimate of drug-likeness (QED) is 0.510. The van der Waals surface area contributed by atoms with Gasteiger partial charge in [0.15, 0.2) is 11.6 Å². The van der Waals surface area contributed by atoms with Crippen LogP contribution in [-0.4, -0.2) is 52.5 Å². The van der Waals surface area contributed by atoms with Crippen molar-refractivity contribution in [2.24, 2.45) is 0 Å². The third-order valence-corrected chi connectivity index (χ3v) is 5.42. The molecule has 1 amide bonds. The molecule has 0 aliphatic carbocycles. The largest absolute Gasteiger partial charge is 0.479 e. The number of pyridine rings is 1. The lowest BCUT2D eigenvalue weighted by molar-refractivity contribution is 0.102. The summed E-state index contributed by atoms with van der Waals surface area (Å²) < 4.78 is 8.84. The van der Waals surface area contributed by atoms with Crippen LogP contribution >= 0.6 is 0 Å². The fourth-order valence-corrected chi connectivity index (χ4v) is 3.81. The molecule has 1 aliphatic heterocycles. The molecule has 162 valence electrons. The van der Waals surface area contributed by atoms with Crippen LogP contribution in [0.2, 0.25) is 0 Å². The first-order valence-electron chi connectivity index (χ1n) is 10.1. The molecule has 0 bridgehead atoms. The second-order valence-electron chi connectivity index (χ2n) is 8.01. The van der Waals surface area contributed by atoms with Gasteiger partial charge in [0.2, 0.25) is 5.88 Å². The highest BCUT2D eigenvalue weighted by atomic mass is 16.5. The minimum atomic E-state index is -0.409. The van der Waals surface area contributed by atoms with E-state index in [1.54, 1.807) is 18.5 Å². The van der Waals surface area contributed by atoms with Crippen molar-refractivity contribution in [2.45, 2.75) is 32.2 Å². The summed E-state index contributed by atoms with van der Waals surface area (Å²) in [6.45, 7) is 4.31. The Balaban J connectivity index is 1.43. The van der Waals surface area contributed by atoms with Crippen LogP contribution in [0.5, 0.6) is 5.88 Å². The van der Waals surface area contributed by atoms with Crippen LogP contribution in [0.4, 0.5) is 5.82 Å². The molecule has 0 saturated heterocycles. The molecular weight excluding hydrogens is 410 g/mol. The Hall–Kier alpha value is -4.15. The normalized spacial score (nSPS) is 14.2. The molecule has 0 atom stereocenters. The lowest BCUT2D eigenvalue weighted by Gasteiger charge is -2.22. The van der Waals surface area contributed by atoms with Gasteiger partial charge < -0.3 is 14.6 Å². The summed E-state index contributed by atoms with van der Waals surface area (Å²) in [5.41, 5.74) is 0.797. The van der Waals surface area contributed by atoms with E-state index in [2.05, 4.69) is 54.0 Å². The highest BCUT2D eigenvalue weighted by molar-refractivity contribution is 6.05. The molecule has 0 spiro atoms. The number of aryl methyl sites for hydroxylation is 1. The van der Waals surface area contributed by atoms with Crippen LogP contribution in [-0.2, 0) is 12.0 Å². The molecule has 1 N–H and O–H groups in total. The maximum atomic E-state index is 13.0. The first-order chi connectivity index (χ1) is 15.5. The molecular formula is C21H21N9O2. The van der Waals surface area contributed by atoms with Gasteiger partial charge in [-0.05, 0) is 32.4 Å². The van der Waals surface area contributed by atoms with Gasteiger partial charge in [0.25, 0.3) is 5.91 Å². The van der Waals surface area contributed by atoms with E-state index in [9.17, 15) is 4.79 Å². The molecule has 0 fully saturated rings. The van der Waals surface area contributed by atoms with Crippen molar-refractivity contribution in [1.29, 1.82) is 0 Å². The lowest BCUT2D eigenvalue weighted by Crippen LogP contribution is -2.22. The Kier molecular flexibility index (Phi) is 4.65. The standard InChI is InChI=1S/C21H21N9O2/c1-21(2)8-7-16-26-27-18(30(16)21)14-5-4-6-15(24-14)25-19(31)13-12-29(28-20(13)32-3)17-11-22-9-10-23-17/h4-6,9-12H,7-8H2,1-3H3,(H,24,25,31). The van der Waals surface area contributed by atoms with Gasteiger partial charge in [0.1, 0.15) is 22.9 Å². The first-order valence-corrected chi connectivity index (χ1v) is 10.1. The zero-order chi connectivity index (χ0) is 22.3. The van der Waals surface area contributed by atoms with E-state index in [0.29, 0.717) is 23.2 Å². The molecule has 11 nitrogen and oxygen atoms in total. The fourth-order valence-electron chi connectivity index (χ4n) is 3.81. The van der Waals surface area contributed by atoms with Crippen LogP contribution in [0.3, 0.4) is 0 Å². The average Bonchev–Trinajstić information content (AvgIpc) is 3.50. The van der Waals surface area contributed by atoms with E-state index >= 15 is 0 Å². The molecule has 11 heteroatoms. The smallest absolute Gasteiger partial charge is 0.263 e. The van der Waals surface area contributed by atoms with Gasteiger partial charge in [0, 0.05) is 30.6 Å². The highest BCUT2D eigenvalue weighted by Crippen LogP contribution is 2.35. The number of hydrogen-bond donors (Lipinski definition) is 1. The van der Waals surface area contributed by atoms with Crippen molar-refractivity contribution in [3.05, 3.63) is 54.4 Å². The molecule has 5 rings (SSSR count). The minimum Gasteiger partial charge on any atom is -0.479 e. The summed E-state index contributed by atoms with van der Waals surface area (Å²) in [4.78, 5) is 25.8. The molecule has 1 aliphatic rings. The SMILES string of the molecule is COc1nn(-c2cnccn2)cc1C(=O)Nc1cccc(-c2nnc3n2C(C)(C)CC3)n1. The molecule has 0 aromatic carbocycles. The van der Waals surface area contributed by atoms with E-state index in [0.717, 1.165) is 18.7 Å². The van der Waals surface area contributed by atoms with E-state index in [1.165, 1.54) is 24.2 Å². The molecule has 32 heavy (non-hydrogen) atoms. The average molecular weight is 431 g/mol. The Bertz CT molecular complexity index is 1290. The molecule has 4 aromatic heterocycles. The maximum Gasteiger partial charge on any atom is 0.263 e. The number of rotatable bonds is 5. The molecule has 0 unspecified atom stereocenters. The van der Waals surface area contributed by atoms with Crippen molar-refractivity contribution in [1.82, 2.24) is 39.5 Å². The van der Waals surface area contributed by atoms with Gasteiger partial charge in [-0.25, -0.2) is 14.6 Å². The number of nitrogens with zero attached hydrogens (tertiary/aromatic N) is 8. The van der Waals surface area contributed by atoms with Gasteiger partial charge in [0.05, 0.1) is 13.3 Å². The third kappa shape index (κ3) is 3.37. The van der Waals surface area contributed by atoms with Crippen molar-refractivity contribution >= 4 is 11.7 Å². The second kappa shape index (κ2) is 7.52. The number of carbonyl (C=O) groups is 1.